The summed E-state index contributed by atoms with van der Waals surface area (Å²) in [5, 5.41) is 0. The molecule has 0 saturated heterocycles. The topological polar surface area (TPSA) is 69.7 Å². The first kappa shape index (κ1) is 27.1. The lowest BCUT2D eigenvalue weighted by Gasteiger charge is -2.59. The fourth-order valence-electron chi connectivity index (χ4n) is 9.01. The van der Waals surface area contributed by atoms with Crippen molar-refractivity contribution in [2.45, 2.75) is 112 Å². The second kappa shape index (κ2) is 10.1. The first-order valence-corrected chi connectivity index (χ1v) is 14.1. The molecule has 4 aliphatic carbocycles. The second-order valence-electron chi connectivity index (χ2n) is 13.0. The maximum Gasteiger partial charge on any atom is 0.302 e. The molecule has 36 heavy (non-hydrogen) atoms. The summed E-state index contributed by atoms with van der Waals surface area (Å²) in [7, 11) is 0. The van der Waals surface area contributed by atoms with Crippen molar-refractivity contribution in [3.63, 3.8) is 0 Å². The Morgan fingerprint density at radius 2 is 1.69 bits per heavy atom. The number of ether oxygens (including phenoxy) is 2. The average molecular weight is 499 g/mol. The summed E-state index contributed by atoms with van der Waals surface area (Å²) in [6.45, 7) is 14.0. The van der Waals surface area contributed by atoms with Gasteiger partial charge in [0.25, 0.3) is 0 Å². The van der Waals surface area contributed by atoms with E-state index in [4.69, 9.17) is 9.47 Å². The number of allylic oxidation sites excluding steroid dienone is 4. The minimum atomic E-state index is -0.233. The highest BCUT2D eigenvalue weighted by molar-refractivity contribution is 5.90. The molecule has 0 aliphatic heterocycles. The molecule has 0 heterocycles. The Morgan fingerprint density at radius 1 is 1.00 bits per heavy atom. The molecule has 4 aliphatic rings. The zero-order valence-corrected chi connectivity index (χ0v) is 23.4. The van der Waals surface area contributed by atoms with Gasteiger partial charge in [-0.15, -0.1) is 0 Å². The number of fused-ring (bicyclic) bond motifs is 5. The van der Waals surface area contributed by atoms with Crippen molar-refractivity contribution in [3.8, 4) is 0 Å². The van der Waals surface area contributed by atoms with E-state index in [1.165, 1.54) is 20.3 Å². The summed E-state index contributed by atoms with van der Waals surface area (Å²) < 4.78 is 11.6. The fourth-order valence-corrected chi connectivity index (χ4v) is 9.01. The summed E-state index contributed by atoms with van der Waals surface area (Å²) >= 11 is 0. The van der Waals surface area contributed by atoms with Gasteiger partial charge >= 0.3 is 11.9 Å². The quantitative estimate of drug-likeness (QED) is 0.234. The molecule has 0 amide bonds. The first-order valence-electron chi connectivity index (χ1n) is 14.1. The van der Waals surface area contributed by atoms with E-state index < -0.39 is 0 Å². The van der Waals surface area contributed by atoms with E-state index in [1.54, 1.807) is 11.6 Å². The van der Waals surface area contributed by atoms with Crippen LogP contribution in [0.15, 0.2) is 23.3 Å². The van der Waals surface area contributed by atoms with E-state index in [2.05, 4.69) is 26.8 Å². The molecule has 3 fully saturated rings. The average Bonchev–Trinajstić information content (AvgIpc) is 3.10. The number of hydrogen-bond acceptors (Lipinski definition) is 5. The van der Waals surface area contributed by atoms with Gasteiger partial charge in [-0.3, -0.25) is 14.4 Å². The van der Waals surface area contributed by atoms with Gasteiger partial charge in [-0.05, 0) is 99.4 Å². The van der Waals surface area contributed by atoms with Crippen molar-refractivity contribution in [2.24, 2.45) is 40.4 Å². The van der Waals surface area contributed by atoms with Crippen LogP contribution in [0.3, 0.4) is 0 Å². The van der Waals surface area contributed by atoms with Gasteiger partial charge in [0.1, 0.15) is 12.2 Å². The minimum absolute atomic E-state index is 0.0376. The molecule has 0 aromatic carbocycles. The Balaban J connectivity index is 1.61. The van der Waals surface area contributed by atoms with Gasteiger partial charge in [-0.25, -0.2) is 0 Å². The van der Waals surface area contributed by atoms with Gasteiger partial charge in [0, 0.05) is 26.2 Å². The van der Waals surface area contributed by atoms with Crippen molar-refractivity contribution >= 4 is 17.7 Å². The minimum Gasteiger partial charge on any atom is -0.463 e. The summed E-state index contributed by atoms with van der Waals surface area (Å²) in [4.78, 5) is 36.4. The summed E-state index contributed by atoms with van der Waals surface area (Å²) in [6, 6.07) is 0. The van der Waals surface area contributed by atoms with Crippen molar-refractivity contribution in [3.05, 3.63) is 23.3 Å². The molecular weight excluding hydrogens is 452 g/mol. The molecule has 3 saturated carbocycles. The van der Waals surface area contributed by atoms with Gasteiger partial charge < -0.3 is 9.47 Å². The normalized spacial score (nSPS) is 40.0. The maximum absolute atomic E-state index is 12.6. The second-order valence-corrected chi connectivity index (χ2v) is 13.0. The molecule has 5 heteroatoms. The molecule has 0 N–H and O–H groups in total. The largest absolute Gasteiger partial charge is 0.463 e. The van der Waals surface area contributed by atoms with Gasteiger partial charge in [0.05, 0.1) is 0 Å². The van der Waals surface area contributed by atoms with Crippen molar-refractivity contribution in [1.82, 2.24) is 0 Å². The molecular formula is C31H46O5. The third-order valence-corrected chi connectivity index (χ3v) is 10.4. The molecule has 4 rings (SSSR count). The molecule has 5 nitrogen and oxygen atoms in total. The number of carbonyl (C=O) groups excluding carboxylic acids is 3. The van der Waals surface area contributed by atoms with Crippen LogP contribution in [0, 0.1) is 40.4 Å². The van der Waals surface area contributed by atoms with E-state index >= 15 is 0 Å². The highest BCUT2D eigenvalue weighted by Crippen LogP contribution is 2.66. The smallest absolute Gasteiger partial charge is 0.302 e. The monoisotopic (exact) mass is 498 g/mol. The SMILES string of the molecule is CC(=O)OC1CCC2(C)C3=CCC4(C)C(C(C)CC(=O)C=C(C)C)CCC4C3CC(OC(C)=O)C2C1. The zero-order valence-electron chi connectivity index (χ0n) is 23.4. The number of rotatable bonds is 6. The Morgan fingerprint density at radius 3 is 2.33 bits per heavy atom. The Kier molecular flexibility index (Phi) is 7.61. The highest BCUT2D eigenvalue weighted by Gasteiger charge is 2.60. The lowest BCUT2D eigenvalue weighted by atomic mass is 9.47. The predicted octanol–water partition coefficient (Wildman–Crippen LogP) is 6.60. The Labute approximate surface area is 217 Å². The zero-order chi connectivity index (χ0) is 26.4. The summed E-state index contributed by atoms with van der Waals surface area (Å²) in [5.74, 6) is 1.79. The van der Waals surface area contributed by atoms with E-state index in [0.717, 1.165) is 44.1 Å². The van der Waals surface area contributed by atoms with Crippen molar-refractivity contribution in [2.75, 3.05) is 0 Å². The Hall–Kier alpha value is -1.91. The van der Waals surface area contributed by atoms with E-state index in [9.17, 15) is 14.4 Å². The number of carbonyl (C=O) groups is 3. The summed E-state index contributed by atoms with van der Waals surface area (Å²) in [5.41, 5.74) is 2.76. The van der Waals surface area contributed by atoms with E-state index in [-0.39, 0.29) is 46.7 Å². The molecule has 9 unspecified atom stereocenters. The van der Waals surface area contributed by atoms with Gasteiger partial charge in [0.15, 0.2) is 5.78 Å². The van der Waals surface area contributed by atoms with Gasteiger partial charge in [-0.1, -0.05) is 38.0 Å². The molecule has 0 radical (unpaired) electrons. The number of esters is 2. The van der Waals surface area contributed by atoms with Gasteiger partial charge in [0.2, 0.25) is 0 Å². The maximum atomic E-state index is 12.6. The lowest BCUT2D eigenvalue weighted by Crippen LogP contribution is -2.55. The standard InChI is InChI=1S/C31H46O5/c1-18(2)14-22(34)15-19(3)25-8-9-26-24-17-29(36-21(5)33)28-16-23(35-20(4)32)10-12-31(28,7)27(24)11-13-30(25,26)6/h11,14,19,23-26,28-29H,8-10,12-13,15-17H2,1-7H3. The van der Waals surface area contributed by atoms with Crippen LogP contribution >= 0.6 is 0 Å². The van der Waals surface area contributed by atoms with Crippen LogP contribution in [0.1, 0.15) is 99.8 Å². The fraction of sp³-hybridized carbons (Fsp3) is 0.774. The summed E-state index contributed by atoms with van der Waals surface area (Å²) in [6.07, 6.45) is 11.5. The number of ketones is 1. The van der Waals surface area contributed by atoms with E-state index in [1.807, 2.05) is 13.8 Å². The molecule has 0 spiro atoms. The Bertz CT molecular complexity index is 958. The molecule has 0 aromatic rings. The third-order valence-electron chi connectivity index (χ3n) is 10.4. The van der Waals surface area contributed by atoms with Crippen LogP contribution in [-0.2, 0) is 23.9 Å². The van der Waals surface area contributed by atoms with Crippen molar-refractivity contribution in [1.29, 1.82) is 0 Å². The van der Waals surface area contributed by atoms with Crippen LogP contribution in [-0.4, -0.2) is 29.9 Å². The molecule has 200 valence electrons. The third kappa shape index (κ3) is 4.96. The first-order chi connectivity index (χ1) is 16.8. The van der Waals surface area contributed by atoms with Crippen LogP contribution < -0.4 is 0 Å². The van der Waals surface area contributed by atoms with Crippen LogP contribution in [0.25, 0.3) is 0 Å². The number of hydrogen-bond donors (Lipinski definition) is 0. The predicted molar refractivity (Wildman–Crippen MR) is 140 cm³/mol. The molecule has 9 atom stereocenters. The van der Waals surface area contributed by atoms with Crippen LogP contribution in [0.4, 0.5) is 0 Å². The highest BCUT2D eigenvalue weighted by atomic mass is 16.5. The lowest BCUT2D eigenvalue weighted by molar-refractivity contribution is -0.168. The van der Waals surface area contributed by atoms with Crippen molar-refractivity contribution < 1.29 is 23.9 Å². The van der Waals surface area contributed by atoms with Crippen LogP contribution in [0.2, 0.25) is 0 Å². The molecule has 0 bridgehead atoms. The van der Waals surface area contributed by atoms with Crippen LogP contribution in [0.5, 0.6) is 0 Å². The van der Waals surface area contributed by atoms with E-state index in [0.29, 0.717) is 30.1 Å². The molecule has 0 aromatic heterocycles. The van der Waals surface area contributed by atoms with Gasteiger partial charge in [-0.2, -0.15) is 0 Å².